The van der Waals surface area contributed by atoms with Crippen molar-refractivity contribution in [3.8, 4) is 0 Å². The molecule has 1 fully saturated rings. The van der Waals surface area contributed by atoms with E-state index in [1.165, 1.54) is 5.56 Å². The smallest absolute Gasteiger partial charge is 0.219 e. The van der Waals surface area contributed by atoms with Gasteiger partial charge < -0.3 is 4.90 Å². The Hall–Kier alpha value is -1.68. The molecular weight excluding hydrogens is 228 g/mol. The van der Waals surface area contributed by atoms with E-state index in [1.54, 1.807) is 6.92 Å². The minimum Gasteiger partial charge on any atom is -0.340 e. The van der Waals surface area contributed by atoms with Crippen molar-refractivity contribution in [3.05, 3.63) is 35.4 Å². The molecule has 0 spiro atoms. The molecule has 0 radical (unpaired) electrons. The van der Waals surface area contributed by atoms with Gasteiger partial charge in [0, 0.05) is 45.2 Å². The van der Waals surface area contributed by atoms with Crippen LogP contribution in [0.4, 0.5) is 0 Å². The van der Waals surface area contributed by atoms with Gasteiger partial charge in [0.25, 0.3) is 0 Å². The molecule has 0 unspecified atom stereocenters. The molecule has 96 valence electrons. The molecule has 1 saturated heterocycles. The normalized spacial score (nSPS) is 16.6. The van der Waals surface area contributed by atoms with E-state index in [9.17, 15) is 9.59 Å². The van der Waals surface area contributed by atoms with E-state index in [1.807, 2.05) is 29.2 Å². The Morgan fingerprint density at radius 3 is 2.28 bits per heavy atom. The molecule has 1 aliphatic heterocycles. The van der Waals surface area contributed by atoms with E-state index in [-0.39, 0.29) is 5.91 Å². The number of hydrogen-bond donors (Lipinski definition) is 0. The highest BCUT2D eigenvalue weighted by Gasteiger charge is 2.18. The zero-order chi connectivity index (χ0) is 13.0. The largest absolute Gasteiger partial charge is 0.340 e. The summed E-state index contributed by atoms with van der Waals surface area (Å²) in [5.74, 6) is 0.157. The van der Waals surface area contributed by atoms with Crippen molar-refractivity contribution in [3.63, 3.8) is 0 Å². The van der Waals surface area contributed by atoms with Crippen LogP contribution in [0, 0.1) is 0 Å². The lowest BCUT2D eigenvalue weighted by molar-refractivity contribution is -0.130. The number of piperazine rings is 1. The lowest BCUT2D eigenvalue weighted by Crippen LogP contribution is -2.47. The Balaban J connectivity index is 1.87. The quantitative estimate of drug-likeness (QED) is 0.752. The van der Waals surface area contributed by atoms with E-state index >= 15 is 0 Å². The summed E-state index contributed by atoms with van der Waals surface area (Å²) in [6, 6.07) is 7.66. The van der Waals surface area contributed by atoms with Crippen LogP contribution < -0.4 is 0 Å². The van der Waals surface area contributed by atoms with Crippen LogP contribution in [-0.2, 0) is 11.3 Å². The Kier molecular flexibility index (Phi) is 4.10. The first kappa shape index (κ1) is 12.8. The number of carbonyl (C=O) groups is 2. The van der Waals surface area contributed by atoms with Gasteiger partial charge in [0.1, 0.15) is 6.29 Å². The Labute approximate surface area is 107 Å². The number of nitrogens with zero attached hydrogens (tertiary/aromatic N) is 2. The minimum absolute atomic E-state index is 0.157. The third-order valence-corrected chi connectivity index (χ3v) is 3.34. The van der Waals surface area contributed by atoms with E-state index in [4.69, 9.17) is 0 Å². The first-order valence-corrected chi connectivity index (χ1v) is 6.21. The van der Waals surface area contributed by atoms with Crippen molar-refractivity contribution < 1.29 is 9.59 Å². The van der Waals surface area contributed by atoms with E-state index in [2.05, 4.69) is 4.90 Å². The van der Waals surface area contributed by atoms with Gasteiger partial charge in [0.15, 0.2) is 0 Å². The van der Waals surface area contributed by atoms with Gasteiger partial charge in [-0.2, -0.15) is 0 Å². The molecule has 4 nitrogen and oxygen atoms in total. The first-order chi connectivity index (χ1) is 8.69. The highest BCUT2D eigenvalue weighted by molar-refractivity contribution is 5.74. The minimum atomic E-state index is 0.157. The molecule has 1 aromatic carbocycles. The maximum atomic E-state index is 11.2. The number of hydrogen-bond acceptors (Lipinski definition) is 3. The van der Waals surface area contributed by atoms with Crippen molar-refractivity contribution in [1.29, 1.82) is 0 Å². The van der Waals surface area contributed by atoms with E-state index in [0.717, 1.165) is 39.0 Å². The summed E-state index contributed by atoms with van der Waals surface area (Å²) in [7, 11) is 0. The average molecular weight is 246 g/mol. The number of benzene rings is 1. The van der Waals surface area contributed by atoms with Crippen molar-refractivity contribution in [2.75, 3.05) is 26.2 Å². The van der Waals surface area contributed by atoms with Crippen LogP contribution in [0.3, 0.4) is 0 Å². The SMILES string of the molecule is CC(=O)N1CCN(Cc2ccc(C=O)cc2)CC1. The standard InChI is InChI=1S/C14H18N2O2/c1-12(18)16-8-6-15(7-9-16)10-13-2-4-14(11-17)5-3-13/h2-5,11H,6-10H2,1H3. The molecular formula is C14H18N2O2. The van der Waals surface area contributed by atoms with Crippen molar-refractivity contribution >= 4 is 12.2 Å². The predicted octanol–water partition coefficient (Wildman–Crippen LogP) is 1.16. The summed E-state index contributed by atoms with van der Waals surface area (Å²) in [4.78, 5) is 26.0. The zero-order valence-corrected chi connectivity index (χ0v) is 10.6. The predicted molar refractivity (Wildman–Crippen MR) is 69.4 cm³/mol. The van der Waals surface area contributed by atoms with Crippen LogP contribution in [0.2, 0.25) is 0 Å². The highest BCUT2D eigenvalue weighted by atomic mass is 16.2. The third-order valence-electron chi connectivity index (χ3n) is 3.34. The third kappa shape index (κ3) is 3.17. The molecule has 0 aromatic heterocycles. The van der Waals surface area contributed by atoms with Gasteiger partial charge >= 0.3 is 0 Å². The lowest BCUT2D eigenvalue weighted by atomic mass is 10.1. The van der Waals surface area contributed by atoms with Gasteiger partial charge in [-0.05, 0) is 5.56 Å². The van der Waals surface area contributed by atoms with E-state index < -0.39 is 0 Å². The van der Waals surface area contributed by atoms with Crippen LogP contribution >= 0.6 is 0 Å². The Bertz CT molecular complexity index is 420. The van der Waals surface area contributed by atoms with Crippen LogP contribution in [0.1, 0.15) is 22.8 Å². The van der Waals surface area contributed by atoms with Gasteiger partial charge in [-0.3, -0.25) is 14.5 Å². The fraction of sp³-hybridized carbons (Fsp3) is 0.429. The molecule has 0 N–H and O–H groups in total. The summed E-state index contributed by atoms with van der Waals surface area (Å²) in [6.45, 7) is 5.94. The van der Waals surface area contributed by atoms with Gasteiger partial charge in [-0.1, -0.05) is 24.3 Å². The first-order valence-electron chi connectivity index (χ1n) is 6.21. The van der Waals surface area contributed by atoms with Gasteiger partial charge in [-0.25, -0.2) is 0 Å². The molecule has 0 aliphatic carbocycles. The molecule has 18 heavy (non-hydrogen) atoms. The molecule has 1 heterocycles. The zero-order valence-electron chi connectivity index (χ0n) is 10.6. The van der Waals surface area contributed by atoms with E-state index in [0.29, 0.717) is 5.56 Å². The summed E-state index contributed by atoms with van der Waals surface area (Å²) in [6.07, 6.45) is 0.857. The van der Waals surface area contributed by atoms with Gasteiger partial charge in [0.05, 0.1) is 0 Å². The molecule has 1 aromatic rings. The summed E-state index contributed by atoms with van der Waals surface area (Å²) >= 11 is 0. The van der Waals surface area contributed by atoms with Crippen LogP contribution in [0.25, 0.3) is 0 Å². The Morgan fingerprint density at radius 2 is 1.78 bits per heavy atom. The van der Waals surface area contributed by atoms with Crippen LogP contribution in [0.5, 0.6) is 0 Å². The maximum absolute atomic E-state index is 11.2. The monoisotopic (exact) mass is 246 g/mol. The topological polar surface area (TPSA) is 40.6 Å². The van der Waals surface area contributed by atoms with Gasteiger partial charge in [0.2, 0.25) is 5.91 Å². The molecule has 0 saturated carbocycles. The molecule has 1 aliphatic rings. The van der Waals surface area contributed by atoms with Crippen molar-refractivity contribution in [2.45, 2.75) is 13.5 Å². The lowest BCUT2D eigenvalue weighted by Gasteiger charge is -2.34. The van der Waals surface area contributed by atoms with Crippen molar-refractivity contribution in [2.24, 2.45) is 0 Å². The number of rotatable bonds is 3. The molecule has 2 rings (SSSR count). The fourth-order valence-corrected chi connectivity index (χ4v) is 2.18. The molecule has 0 bridgehead atoms. The molecule has 0 atom stereocenters. The number of amides is 1. The second-order valence-electron chi connectivity index (χ2n) is 4.64. The summed E-state index contributed by atoms with van der Waals surface area (Å²) in [5.41, 5.74) is 1.91. The summed E-state index contributed by atoms with van der Waals surface area (Å²) < 4.78 is 0. The number of carbonyl (C=O) groups excluding carboxylic acids is 2. The maximum Gasteiger partial charge on any atom is 0.219 e. The van der Waals surface area contributed by atoms with Crippen LogP contribution in [0.15, 0.2) is 24.3 Å². The Morgan fingerprint density at radius 1 is 1.17 bits per heavy atom. The summed E-state index contributed by atoms with van der Waals surface area (Å²) in [5, 5.41) is 0. The average Bonchev–Trinajstić information content (AvgIpc) is 2.40. The molecule has 1 amide bonds. The number of aldehydes is 1. The second-order valence-corrected chi connectivity index (χ2v) is 4.64. The van der Waals surface area contributed by atoms with Gasteiger partial charge in [-0.15, -0.1) is 0 Å². The highest BCUT2D eigenvalue weighted by Crippen LogP contribution is 2.09. The molecule has 4 heteroatoms. The van der Waals surface area contributed by atoms with Crippen LogP contribution in [-0.4, -0.2) is 48.2 Å². The van der Waals surface area contributed by atoms with Crippen molar-refractivity contribution in [1.82, 2.24) is 9.80 Å². The second kappa shape index (κ2) is 5.78. The fourth-order valence-electron chi connectivity index (χ4n) is 2.18.